The first kappa shape index (κ1) is 30.9. The molecule has 2 aromatic rings. The first-order valence-electron chi connectivity index (χ1n) is 15.1. The average molecular weight is 614 g/mol. The van der Waals surface area contributed by atoms with Gasteiger partial charge in [-0.2, -0.15) is 0 Å². The number of methoxy groups -OCH3 is 1. The Hall–Kier alpha value is -3.10. The predicted molar refractivity (Wildman–Crippen MR) is 154 cm³/mol. The third-order valence-corrected chi connectivity index (χ3v) is 8.61. The van der Waals surface area contributed by atoms with Crippen molar-refractivity contribution >= 4 is 11.6 Å². The molecular formula is C32H39NO11. The highest BCUT2D eigenvalue weighted by Gasteiger charge is 2.44. The number of phenolic OH excluding ortho intramolecular Hbond substituents is 2. The molecule has 2 aromatic carbocycles. The van der Waals surface area contributed by atoms with Crippen LogP contribution in [0.25, 0.3) is 0 Å². The van der Waals surface area contributed by atoms with Gasteiger partial charge in [-0.25, -0.2) is 0 Å². The fraction of sp³-hybridized carbons (Fsp3) is 0.562. The second kappa shape index (κ2) is 12.4. The number of ether oxygens (including phenoxy) is 6. The maximum atomic E-state index is 13.7. The van der Waals surface area contributed by atoms with Gasteiger partial charge in [-0.05, 0) is 33.3 Å². The SMILES string of the molecule is COc1cccc2c1C(=O)c1c(O)c3c(c(O)c1C2=O)C[C@H](O)CC3O[C@H]1CC[C@H](O[C@H]2NCCO[C@@H]2OC(C)C)[C@H](C)O1. The lowest BCUT2D eigenvalue weighted by Gasteiger charge is -2.41. The first-order valence-corrected chi connectivity index (χ1v) is 15.1. The number of carbonyl (C=O) groups is 2. The van der Waals surface area contributed by atoms with E-state index in [-0.39, 0.29) is 70.3 Å². The van der Waals surface area contributed by atoms with E-state index in [9.17, 15) is 24.9 Å². The summed E-state index contributed by atoms with van der Waals surface area (Å²) in [5.74, 6) is -1.97. The van der Waals surface area contributed by atoms with Gasteiger partial charge in [0.1, 0.15) is 17.2 Å². The van der Waals surface area contributed by atoms with E-state index < -0.39 is 54.1 Å². The monoisotopic (exact) mass is 613 g/mol. The van der Waals surface area contributed by atoms with E-state index in [1.54, 1.807) is 12.1 Å². The van der Waals surface area contributed by atoms with E-state index in [1.807, 2.05) is 20.8 Å². The Morgan fingerprint density at radius 2 is 1.80 bits per heavy atom. The van der Waals surface area contributed by atoms with Crippen LogP contribution >= 0.6 is 0 Å². The molecule has 2 heterocycles. The molecule has 4 aliphatic rings. The Morgan fingerprint density at radius 3 is 2.52 bits per heavy atom. The summed E-state index contributed by atoms with van der Waals surface area (Å²) < 4.78 is 35.8. The number of hydrogen-bond acceptors (Lipinski definition) is 12. The van der Waals surface area contributed by atoms with Gasteiger partial charge >= 0.3 is 0 Å². The zero-order valence-electron chi connectivity index (χ0n) is 25.2. The zero-order valence-corrected chi connectivity index (χ0v) is 25.2. The minimum Gasteiger partial charge on any atom is -0.507 e. The Balaban J connectivity index is 1.24. The number of hydrogen-bond donors (Lipinski definition) is 4. The van der Waals surface area contributed by atoms with Crippen molar-refractivity contribution in [1.29, 1.82) is 0 Å². The number of ketones is 2. The molecule has 0 bridgehead atoms. The first-order chi connectivity index (χ1) is 21.1. The third-order valence-electron chi connectivity index (χ3n) is 8.61. The van der Waals surface area contributed by atoms with Crippen molar-refractivity contribution in [1.82, 2.24) is 5.32 Å². The summed E-state index contributed by atoms with van der Waals surface area (Å²) in [6.45, 7) is 6.89. The van der Waals surface area contributed by atoms with Crippen molar-refractivity contribution in [2.75, 3.05) is 20.3 Å². The second-order valence-corrected chi connectivity index (χ2v) is 11.9. The van der Waals surface area contributed by atoms with Crippen LogP contribution in [0.15, 0.2) is 18.2 Å². The number of aliphatic hydroxyl groups is 1. The van der Waals surface area contributed by atoms with Crippen LogP contribution in [-0.4, -0.2) is 90.4 Å². The summed E-state index contributed by atoms with van der Waals surface area (Å²) in [6.07, 6.45) is -3.17. The largest absolute Gasteiger partial charge is 0.507 e. The summed E-state index contributed by atoms with van der Waals surface area (Å²) in [5.41, 5.74) is -0.175. The van der Waals surface area contributed by atoms with Crippen LogP contribution in [0, 0.1) is 0 Å². The van der Waals surface area contributed by atoms with Gasteiger partial charge in [0.05, 0.1) is 60.9 Å². The standard InChI is InChI=1S/C32H39NO11/c1-14(2)41-32-31(33-10-11-40-32)44-19-8-9-22(42-15(19)3)43-21-13-16(34)12-18-24(21)30(38)26-25(28(18)36)27(35)17-6-5-7-20(39-4)23(17)29(26)37/h5-7,14-16,19,21-22,31-34,36,38H,8-13H2,1-4H3/t15-,16-,19-,21?,22-,31+,32+/m0/s1. The third kappa shape index (κ3) is 5.49. The highest BCUT2D eigenvalue weighted by atomic mass is 16.7. The molecule has 2 fully saturated rings. The number of carbonyl (C=O) groups excluding carboxylic acids is 2. The van der Waals surface area contributed by atoms with Gasteiger partial charge in [0.2, 0.25) is 5.78 Å². The molecule has 0 radical (unpaired) electrons. The smallest absolute Gasteiger partial charge is 0.202 e. The van der Waals surface area contributed by atoms with E-state index in [0.717, 1.165) is 0 Å². The van der Waals surface area contributed by atoms with Crippen LogP contribution in [-0.2, 0) is 30.1 Å². The fourth-order valence-corrected chi connectivity index (χ4v) is 6.61. The van der Waals surface area contributed by atoms with E-state index >= 15 is 0 Å². The van der Waals surface area contributed by atoms with E-state index in [2.05, 4.69) is 5.32 Å². The molecule has 0 amide bonds. The molecule has 12 nitrogen and oxygen atoms in total. The van der Waals surface area contributed by atoms with Crippen LogP contribution in [0.3, 0.4) is 0 Å². The summed E-state index contributed by atoms with van der Waals surface area (Å²) in [6, 6.07) is 4.61. The number of phenols is 2. The maximum absolute atomic E-state index is 13.7. The number of morpholine rings is 1. The summed E-state index contributed by atoms with van der Waals surface area (Å²) >= 11 is 0. The van der Waals surface area contributed by atoms with Crippen molar-refractivity contribution in [2.24, 2.45) is 0 Å². The van der Waals surface area contributed by atoms with E-state index in [1.165, 1.54) is 13.2 Å². The maximum Gasteiger partial charge on any atom is 0.202 e. The molecule has 2 aliphatic carbocycles. The molecule has 1 unspecified atom stereocenters. The molecule has 12 heteroatoms. The molecule has 44 heavy (non-hydrogen) atoms. The minimum atomic E-state index is -0.926. The van der Waals surface area contributed by atoms with Gasteiger partial charge in [0.25, 0.3) is 0 Å². The Morgan fingerprint density at radius 1 is 1.02 bits per heavy atom. The van der Waals surface area contributed by atoms with Crippen LogP contribution < -0.4 is 10.1 Å². The molecule has 238 valence electrons. The Labute approximate surface area is 255 Å². The molecule has 2 aliphatic heterocycles. The number of benzene rings is 2. The van der Waals surface area contributed by atoms with Crippen LogP contribution in [0.1, 0.15) is 89.1 Å². The van der Waals surface area contributed by atoms with Crippen molar-refractivity contribution in [3.63, 3.8) is 0 Å². The predicted octanol–water partition coefficient (Wildman–Crippen LogP) is 2.85. The van der Waals surface area contributed by atoms with E-state index in [0.29, 0.717) is 26.0 Å². The van der Waals surface area contributed by atoms with Gasteiger partial charge in [-0.3, -0.25) is 14.9 Å². The average Bonchev–Trinajstić information content (AvgIpc) is 2.99. The molecule has 0 spiro atoms. The van der Waals surface area contributed by atoms with Crippen molar-refractivity contribution in [2.45, 2.75) is 95.8 Å². The van der Waals surface area contributed by atoms with Gasteiger partial charge in [0.15, 0.2) is 24.6 Å². The second-order valence-electron chi connectivity index (χ2n) is 11.9. The van der Waals surface area contributed by atoms with Gasteiger partial charge in [-0.1, -0.05) is 12.1 Å². The van der Waals surface area contributed by atoms with Gasteiger partial charge in [0, 0.05) is 42.5 Å². The van der Waals surface area contributed by atoms with Gasteiger partial charge < -0.3 is 43.7 Å². The van der Waals surface area contributed by atoms with Crippen molar-refractivity contribution in [3.05, 3.63) is 51.6 Å². The normalized spacial score (nSPS) is 30.1. The molecule has 7 atom stereocenters. The quantitative estimate of drug-likeness (QED) is 0.289. The minimum absolute atomic E-state index is 0.0184. The Kier molecular flexibility index (Phi) is 8.68. The number of aromatic hydroxyl groups is 2. The van der Waals surface area contributed by atoms with Crippen molar-refractivity contribution < 1.29 is 53.3 Å². The molecule has 0 saturated carbocycles. The van der Waals surface area contributed by atoms with Crippen LogP contribution in [0.4, 0.5) is 0 Å². The lowest BCUT2D eigenvalue weighted by atomic mass is 9.76. The lowest BCUT2D eigenvalue weighted by Crippen LogP contribution is -2.55. The van der Waals surface area contributed by atoms with Crippen LogP contribution in [0.2, 0.25) is 0 Å². The lowest BCUT2D eigenvalue weighted by molar-refractivity contribution is -0.289. The molecule has 4 N–H and O–H groups in total. The highest BCUT2D eigenvalue weighted by molar-refractivity contribution is 6.31. The Bertz CT molecular complexity index is 1440. The fourth-order valence-electron chi connectivity index (χ4n) is 6.61. The molecule has 0 aromatic heterocycles. The molecule has 6 rings (SSSR count). The molecular weight excluding hydrogens is 574 g/mol. The van der Waals surface area contributed by atoms with Crippen molar-refractivity contribution in [3.8, 4) is 17.2 Å². The highest BCUT2D eigenvalue weighted by Crippen LogP contribution is 2.50. The number of nitrogens with one attached hydrogen (secondary N) is 1. The number of rotatable bonds is 7. The summed E-state index contributed by atoms with van der Waals surface area (Å²) in [7, 11) is 1.39. The summed E-state index contributed by atoms with van der Waals surface area (Å²) in [5, 5.41) is 36.9. The zero-order chi connectivity index (χ0) is 31.3. The number of fused-ring (bicyclic) bond motifs is 3. The molecule has 2 saturated heterocycles. The van der Waals surface area contributed by atoms with Gasteiger partial charge in [-0.15, -0.1) is 0 Å². The summed E-state index contributed by atoms with van der Waals surface area (Å²) in [4.78, 5) is 27.2. The topological polar surface area (TPSA) is 162 Å². The number of aliphatic hydroxyl groups excluding tert-OH is 1. The van der Waals surface area contributed by atoms with Crippen LogP contribution in [0.5, 0.6) is 17.2 Å². The van der Waals surface area contributed by atoms with E-state index in [4.69, 9.17) is 28.4 Å².